The zero-order valence-electron chi connectivity index (χ0n) is 13.7. The Hall–Kier alpha value is -1.78. The molecule has 2 fully saturated rings. The first-order chi connectivity index (χ1) is 10.5. The highest BCUT2D eigenvalue weighted by Crippen LogP contribution is 2.38. The number of nitrogens with zero attached hydrogens (tertiary/aromatic N) is 2. The molecule has 3 heterocycles. The highest BCUT2D eigenvalue weighted by Gasteiger charge is 2.47. The minimum Gasteiger partial charge on any atom is -0.356 e. The lowest BCUT2D eigenvalue weighted by atomic mass is 9.79. The summed E-state index contributed by atoms with van der Waals surface area (Å²) < 4.78 is 2.16. The van der Waals surface area contributed by atoms with Crippen LogP contribution in [-0.2, 0) is 11.3 Å². The Morgan fingerprint density at radius 2 is 2.14 bits per heavy atom. The molecular weight excluding hydrogens is 278 g/mol. The standard InChI is InChI=1S/C17H25N3O2/c1-4-20-12(2)10-14(13(20)3)15(21)19-9-7-17(11-19)6-5-8-18-16(17)22/h10H,4-9,11H2,1-3H3,(H,18,22)/t17-/m0/s1. The van der Waals surface area contributed by atoms with Crippen LogP contribution in [0.2, 0.25) is 0 Å². The fourth-order valence-corrected chi connectivity index (χ4v) is 4.04. The van der Waals surface area contributed by atoms with Gasteiger partial charge in [-0.05, 0) is 46.1 Å². The van der Waals surface area contributed by atoms with Crippen LogP contribution in [0.25, 0.3) is 0 Å². The first kappa shape index (κ1) is 15.1. The number of likely N-dealkylation sites (tertiary alicyclic amines) is 1. The lowest BCUT2D eigenvalue weighted by Gasteiger charge is -2.32. The summed E-state index contributed by atoms with van der Waals surface area (Å²) >= 11 is 0. The molecule has 22 heavy (non-hydrogen) atoms. The molecule has 120 valence electrons. The van der Waals surface area contributed by atoms with E-state index in [1.54, 1.807) is 0 Å². The Kier molecular flexibility index (Phi) is 3.75. The summed E-state index contributed by atoms with van der Waals surface area (Å²) in [5.74, 6) is 0.205. The van der Waals surface area contributed by atoms with E-state index in [4.69, 9.17) is 0 Å². The number of aryl methyl sites for hydroxylation is 1. The number of nitrogens with one attached hydrogen (secondary N) is 1. The maximum atomic E-state index is 12.9. The van der Waals surface area contributed by atoms with Crippen LogP contribution >= 0.6 is 0 Å². The second kappa shape index (κ2) is 5.45. The third-order valence-electron chi connectivity index (χ3n) is 5.36. The van der Waals surface area contributed by atoms with Gasteiger partial charge in [0.2, 0.25) is 5.91 Å². The average Bonchev–Trinajstić information content (AvgIpc) is 3.04. The topological polar surface area (TPSA) is 54.3 Å². The van der Waals surface area contributed by atoms with Gasteiger partial charge in [-0.1, -0.05) is 0 Å². The van der Waals surface area contributed by atoms with Crippen molar-refractivity contribution in [2.75, 3.05) is 19.6 Å². The van der Waals surface area contributed by atoms with Crippen LogP contribution in [-0.4, -0.2) is 40.9 Å². The molecule has 5 nitrogen and oxygen atoms in total. The first-order valence-electron chi connectivity index (χ1n) is 8.23. The van der Waals surface area contributed by atoms with Crippen molar-refractivity contribution in [1.82, 2.24) is 14.8 Å². The second-order valence-corrected chi connectivity index (χ2v) is 6.65. The summed E-state index contributed by atoms with van der Waals surface area (Å²) in [7, 11) is 0. The van der Waals surface area contributed by atoms with Crippen molar-refractivity contribution < 1.29 is 9.59 Å². The Morgan fingerprint density at radius 1 is 1.36 bits per heavy atom. The third kappa shape index (κ3) is 2.23. The van der Waals surface area contributed by atoms with Crippen molar-refractivity contribution in [3.8, 4) is 0 Å². The molecule has 1 atom stereocenters. The summed E-state index contributed by atoms with van der Waals surface area (Å²) in [5, 5.41) is 2.97. The van der Waals surface area contributed by atoms with E-state index in [9.17, 15) is 9.59 Å². The first-order valence-corrected chi connectivity index (χ1v) is 8.23. The molecular formula is C17H25N3O2. The van der Waals surface area contributed by atoms with Gasteiger partial charge in [0, 0.05) is 37.6 Å². The van der Waals surface area contributed by atoms with Crippen LogP contribution < -0.4 is 5.32 Å². The van der Waals surface area contributed by atoms with Crippen molar-refractivity contribution in [2.24, 2.45) is 5.41 Å². The number of hydrogen-bond acceptors (Lipinski definition) is 2. The molecule has 0 bridgehead atoms. The quantitative estimate of drug-likeness (QED) is 0.907. The second-order valence-electron chi connectivity index (χ2n) is 6.65. The largest absolute Gasteiger partial charge is 0.356 e. The van der Waals surface area contributed by atoms with Crippen molar-refractivity contribution in [1.29, 1.82) is 0 Å². The van der Waals surface area contributed by atoms with Gasteiger partial charge in [0.15, 0.2) is 0 Å². The SMILES string of the molecule is CCn1c(C)cc(C(=O)N2CC[C@@]3(CCCNC3=O)C2)c1C. The van der Waals surface area contributed by atoms with Crippen LogP contribution in [0.4, 0.5) is 0 Å². The number of piperidine rings is 1. The molecule has 0 saturated carbocycles. The van der Waals surface area contributed by atoms with Crippen molar-refractivity contribution in [2.45, 2.75) is 46.6 Å². The zero-order valence-corrected chi connectivity index (χ0v) is 13.7. The number of hydrogen-bond donors (Lipinski definition) is 1. The van der Waals surface area contributed by atoms with E-state index in [-0.39, 0.29) is 17.2 Å². The number of aromatic nitrogens is 1. The Labute approximate surface area is 131 Å². The minimum absolute atomic E-state index is 0.0723. The molecule has 5 heteroatoms. The van der Waals surface area contributed by atoms with Gasteiger partial charge in [0.25, 0.3) is 5.91 Å². The monoisotopic (exact) mass is 303 g/mol. The van der Waals surface area contributed by atoms with Crippen molar-refractivity contribution in [3.05, 3.63) is 23.0 Å². The molecule has 0 aliphatic carbocycles. The molecule has 1 spiro atoms. The van der Waals surface area contributed by atoms with Gasteiger partial charge in [-0.15, -0.1) is 0 Å². The molecule has 1 aromatic heterocycles. The molecule has 2 amide bonds. The third-order valence-corrected chi connectivity index (χ3v) is 5.36. The number of carbonyl (C=O) groups is 2. The van der Waals surface area contributed by atoms with E-state index in [2.05, 4.69) is 16.8 Å². The summed E-state index contributed by atoms with van der Waals surface area (Å²) in [6.07, 6.45) is 2.70. The maximum absolute atomic E-state index is 12.9. The molecule has 3 rings (SSSR count). The van der Waals surface area contributed by atoms with Crippen LogP contribution in [0.15, 0.2) is 6.07 Å². The van der Waals surface area contributed by atoms with Crippen LogP contribution in [0, 0.1) is 19.3 Å². The number of carbonyl (C=O) groups excluding carboxylic acids is 2. The van der Waals surface area contributed by atoms with E-state index >= 15 is 0 Å². The molecule has 1 N–H and O–H groups in total. The normalized spacial score (nSPS) is 24.9. The molecule has 2 aliphatic heterocycles. The zero-order chi connectivity index (χ0) is 15.9. The average molecular weight is 303 g/mol. The summed E-state index contributed by atoms with van der Waals surface area (Å²) in [6, 6.07) is 1.98. The Bertz CT molecular complexity index is 620. The molecule has 2 aliphatic rings. The predicted molar refractivity (Wildman–Crippen MR) is 84.8 cm³/mol. The van der Waals surface area contributed by atoms with Gasteiger partial charge in [0.1, 0.15) is 0 Å². The molecule has 0 unspecified atom stereocenters. The van der Waals surface area contributed by atoms with Gasteiger partial charge >= 0.3 is 0 Å². The lowest BCUT2D eigenvalue weighted by molar-refractivity contribution is -0.132. The summed E-state index contributed by atoms with van der Waals surface area (Å²) in [4.78, 5) is 27.0. The van der Waals surface area contributed by atoms with Gasteiger partial charge < -0.3 is 14.8 Å². The number of amides is 2. The fraction of sp³-hybridized carbons (Fsp3) is 0.647. The predicted octanol–water partition coefficient (Wildman–Crippen LogP) is 1.87. The van der Waals surface area contributed by atoms with E-state index < -0.39 is 0 Å². The van der Waals surface area contributed by atoms with Gasteiger partial charge in [-0.2, -0.15) is 0 Å². The van der Waals surface area contributed by atoms with Gasteiger partial charge in [-0.25, -0.2) is 0 Å². The van der Waals surface area contributed by atoms with Crippen LogP contribution in [0.1, 0.15) is 47.9 Å². The lowest BCUT2D eigenvalue weighted by Crippen LogP contribution is -2.47. The maximum Gasteiger partial charge on any atom is 0.255 e. The van der Waals surface area contributed by atoms with E-state index in [0.717, 1.165) is 49.3 Å². The van der Waals surface area contributed by atoms with Crippen molar-refractivity contribution >= 4 is 11.8 Å². The summed E-state index contributed by atoms with van der Waals surface area (Å²) in [5.41, 5.74) is 2.59. The highest BCUT2D eigenvalue weighted by molar-refractivity contribution is 5.97. The Morgan fingerprint density at radius 3 is 2.77 bits per heavy atom. The smallest absolute Gasteiger partial charge is 0.255 e. The van der Waals surface area contributed by atoms with E-state index in [1.807, 2.05) is 24.8 Å². The van der Waals surface area contributed by atoms with Crippen molar-refractivity contribution in [3.63, 3.8) is 0 Å². The van der Waals surface area contributed by atoms with Crippen LogP contribution in [0.3, 0.4) is 0 Å². The van der Waals surface area contributed by atoms with Gasteiger partial charge in [0.05, 0.1) is 11.0 Å². The van der Waals surface area contributed by atoms with E-state index in [1.165, 1.54) is 0 Å². The molecule has 2 saturated heterocycles. The molecule has 0 radical (unpaired) electrons. The fourth-order valence-electron chi connectivity index (χ4n) is 4.04. The summed E-state index contributed by atoms with van der Waals surface area (Å²) in [6.45, 7) is 9.01. The van der Waals surface area contributed by atoms with Gasteiger partial charge in [-0.3, -0.25) is 9.59 Å². The van der Waals surface area contributed by atoms with Crippen LogP contribution in [0.5, 0.6) is 0 Å². The number of rotatable bonds is 2. The minimum atomic E-state index is -0.343. The van der Waals surface area contributed by atoms with E-state index in [0.29, 0.717) is 13.1 Å². The Balaban J connectivity index is 1.81. The molecule has 0 aromatic carbocycles. The molecule has 1 aromatic rings. The highest BCUT2D eigenvalue weighted by atomic mass is 16.2.